The predicted octanol–water partition coefficient (Wildman–Crippen LogP) is 0.869. The van der Waals surface area contributed by atoms with Gasteiger partial charge in [0.2, 0.25) is 0 Å². The summed E-state index contributed by atoms with van der Waals surface area (Å²) in [5, 5.41) is 8.84. The van der Waals surface area contributed by atoms with E-state index in [1.54, 1.807) is 0 Å². The lowest BCUT2D eigenvalue weighted by molar-refractivity contribution is 0.310. The summed E-state index contributed by atoms with van der Waals surface area (Å²) < 4.78 is 17.8. The summed E-state index contributed by atoms with van der Waals surface area (Å²) in [6, 6.07) is 3.71. The third kappa shape index (κ3) is 2.10. The summed E-state index contributed by atoms with van der Waals surface area (Å²) >= 11 is 0. The molecule has 0 atom stereocenters. The SMILES string of the molecule is NCCOc1ccc(O)cc1F. The highest BCUT2D eigenvalue weighted by Crippen LogP contribution is 2.21. The van der Waals surface area contributed by atoms with Gasteiger partial charge in [-0.2, -0.15) is 0 Å². The number of benzene rings is 1. The van der Waals surface area contributed by atoms with Gasteiger partial charge in [-0.05, 0) is 12.1 Å². The molecule has 0 bridgehead atoms. The first-order valence-electron chi connectivity index (χ1n) is 3.55. The monoisotopic (exact) mass is 171 g/mol. The van der Waals surface area contributed by atoms with Crippen LogP contribution in [0.25, 0.3) is 0 Å². The second-order valence-electron chi connectivity index (χ2n) is 2.25. The summed E-state index contributed by atoms with van der Waals surface area (Å²) in [4.78, 5) is 0. The van der Waals surface area contributed by atoms with E-state index in [9.17, 15) is 4.39 Å². The first-order chi connectivity index (χ1) is 5.74. The molecule has 0 aliphatic rings. The predicted molar refractivity (Wildman–Crippen MR) is 42.6 cm³/mol. The molecule has 0 radical (unpaired) electrons. The molecule has 0 unspecified atom stereocenters. The van der Waals surface area contributed by atoms with E-state index in [-0.39, 0.29) is 18.1 Å². The largest absolute Gasteiger partial charge is 0.508 e. The van der Waals surface area contributed by atoms with Crippen molar-refractivity contribution in [3.05, 3.63) is 24.0 Å². The lowest BCUT2D eigenvalue weighted by Crippen LogP contribution is -2.11. The van der Waals surface area contributed by atoms with Gasteiger partial charge < -0.3 is 15.6 Å². The highest BCUT2D eigenvalue weighted by Gasteiger charge is 2.02. The van der Waals surface area contributed by atoms with Crippen LogP contribution in [0.2, 0.25) is 0 Å². The second kappa shape index (κ2) is 3.92. The minimum Gasteiger partial charge on any atom is -0.508 e. The third-order valence-corrected chi connectivity index (χ3v) is 1.29. The number of halogens is 1. The molecule has 66 valence electrons. The van der Waals surface area contributed by atoms with Crippen LogP contribution in [0.5, 0.6) is 11.5 Å². The Morgan fingerprint density at radius 2 is 2.25 bits per heavy atom. The van der Waals surface area contributed by atoms with Crippen molar-refractivity contribution in [1.82, 2.24) is 0 Å². The van der Waals surface area contributed by atoms with Gasteiger partial charge in [0.25, 0.3) is 0 Å². The number of nitrogens with two attached hydrogens (primary N) is 1. The number of ether oxygens (including phenoxy) is 1. The molecule has 1 aromatic rings. The molecule has 0 aromatic heterocycles. The van der Waals surface area contributed by atoms with Gasteiger partial charge in [0.15, 0.2) is 11.6 Å². The van der Waals surface area contributed by atoms with Crippen LogP contribution < -0.4 is 10.5 Å². The molecule has 0 fully saturated rings. The molecule has 1 aromatic carbocycles. The lowest BCUT2D eigenvalue weighted by atomic mass is 10.3. The minimum absolute atomic E-state index is 0.109. The zero-order valence-corrected chi connectivity index (χ0v) is 6.46. The van der Waals surface area contributed by atoms with Crippen molar-refractivity contribution in [2.45, 2.75) is 0 Å². The topological polar surface area (TPSA) is 55.5 Å². The van der Waals surface area contributed by atoms with Crippen LogP contribution in [0.4, 0.5) is 4.39 Å². The fourth-order valence-electron chi connectivity index (χ4n) is 0.776. The Bertz CT molecular complexity index is 265. The van der Waals surface area contributed by atoms with E-state index in [0.29, 0.717) is 6.54 Å². The van der Waals surface area contributed by atoms with E-state index in [2.05, 4.69) is 0 Å². The number of phenolic OH excluding ortho intramolecular Hbond substituents is 1. The summed E-state index contributed by atoms with van der Waals surface area (Å²) in [5.41, 5.74) is 5.16. The smallest absolute Gasteiger partial charge is 0.168 e. The summed E-state index contributed by atoms with van der Waals surface area (Å²) in [6.07, 6.45) is 0. The molecule has 0 spiro atoms. The van der Waals surface area contributed by atoms with Crippen molar-refractivity contribution in [1.29, 1.82) is 0 Å². The number of hydrogen-bond donors (Lipinski definition) is 2. The summed E-state index contributed by atoms with van der Waals surface area (Å²) in [7, 11) is 0. The van der Waals surface area contributed by atoms with Gasteiger partial charge in [-0.1, -0.05) is 0 Å². The molecule has 0 saturated heterocycles. The molecule has 0 saturated carbocycles. The normalized spacial score (nSPS) is 9.83. The van der Waals surface area contributed by atoms with Crippen molar-refractivity contribution in [2.24, 2.45) is 5.73 Å². The van der Waals surface area contributed by atoms with Crippen LogP contribution in [0.3, 0.4) is 0 Å². The highest BCUT2D eigenvalue weighted by molar-refractivity contribution is 5.31. The molecule has 0 aliphatic carbocycles. The third-order valence-electron chi connectivity index (χ3n) is 1.29. The maximum absolute atomic E-state index is 12.8. The molecule has 4 heteroatoms. The van der Waals surface area contributed by atoms with Gasteiger partial charge in [0, 0.05) is 12.6 Å². The lowest BCUT2D eigenvalue weighted by Gasteiger charge is -2.04. The first-order valence-corrected chi connectivity index (χ1v) is 3.55. The van der Waals surface area contributed by atoms with Gasteiger partial charge in [0.05, 0.1) is 0 Å². The zero-order valence-electron chi connectivity index (χ0n) is 6.46. The fraction of sp³-hybridized carbons (Fsp3) is 0.250. The highest BCUT2D eigenvalue weighted by atomic mass is 19.1. The van der Waals surface area contributed by atoms with Crippen molar-refractivity contribution in [2.75, 3.05) is 13.2 Å². The standard InChI is InChI=1S/C8H10FNO2/c9-7-5-6(11)1-2-8(7)12-4-3-10/h1-2,5,11H,3-4,10H2. The summed E-state index contributed by atoms with van der Waals surface area (Å²) in [5.74, 6) is -0.589. The van der Waals surface area contributed by atoms with E-state index in [4.69, 9.17) is 15.6 Å². The molecule has 12 heavy (non-hydrogen) atoms. The molecular formula is C8H10FNO2. The maximum atomic E-state index is 12.8. The van der Waals surface area contributed by atoms with Crippen LogP contribution in [0.1, 0.15) is 0 Å². The Hall–Kier alpha value is -1.29. The molecule has 0 amide bonds. The van der Waals surface area contributed by atoms with E-state index in [0.717, 1.165) is 6.07 Å². The second-order valence-corrected chi connectivity index (χ2v) is 2.25. The quantitative estimate of drug-likeness (QED) is 0.709. The number of hydrogen-bond acceptors (Lipinski definition) is 3. The fourth-order valence-corrected chi connectivity index (χ4v) is 0.776. The van der Waals surface area contributed by atoms with Crippen molar-refractivity contribution >= 4 is 0 Å². The average Bonchev–Trinajstić information content (AvgIpc) is 2.03. The van der Waals surface area contributed by atoms with Crippen LogP contribution in [0.15, 0.2) is 18.2 Å². The number of phenols is 1. The Balaban J connectivity index is 2.72. The van der Waals surface area contributed by atoms with Gasteiger partial charge in [-0.25, -0.2) is 4.39 Å². The molecule has 0 aliphatic heterocycles. The molecular weight excluding hydrogens is 161 g/mol. The van der Waals surface area contributed by atoms with Crippen molar-refractivity contribution in [3.8, 4) is 11.5 Å². The van der Waals surface area contributed by atoms with Crippen LogP contribution in [-0.2, 0) is 0 Å². The van der Waals surface area contributed by atoms with Crippen LogP contribution >= 0.6 is 0 Å². The van der Waals surface area contributed by atoms with E-state index < -0.39 is 5.82 Å². The molecule has 3 nitrogen and oxygen atoms in total. The first kappa shape index (κ1) is 8.80. The van der Waals surface area contributed by atoms with Crippen LogP contribution in [0, 0.1) is 5.82 Å². The van der Waals surface area contributed by atoms with E-state index >= 15 is 0 Å². The Kier molecular flexibility index (Phi) is 2.88. The Morgan fingerprint density at radius 1 is 1.50 bits per heavy atom. The van der Waals surface area contributed by atoms with Gasteiger partial charge >= 0.3 is 0 Å². The molecule has 3 N–H and O–H groups in total. The van der Waals surface area contributed by atoms with Crippen molar-refractivity contribution < 1.29 is 14.2 Å². The summed E-state index contributed by atoms with van der Waals surface area (Å²) in [6.45, 7) is 0.599. The van der Waals surface area contributed by atoms with E-state index in [1.807, 2.05) is 0 Å². The van der Waals surface area contributed by atoms with Crippen molar-refractivity contribution in [3.63, 3.8) is 0 Å². The zero-order chi connectivity index (χ0) is 8.97. The van der Waals surface area contributed by atoms with Gasteiger partial charge in [-0.15, -0.1) is 0 Å². The van der Waals surface area contributed by atoms with E-state index in [1.165, 1.54) is 12.1 Å². The van der Waals surface area contributed by atoms with Gasteiger partial charge in [0.1, 0.15) is 12.4 Å². The number of aromatic hydroxyl groups is 1. The molecule has 1 rings (SSSR count). The average molecular weight is 171 g/mol. The van der Waals surface area contributed by atoms with Gasteiger partial charge in [-0.3, -0.25) is 0 Å². The maximum Gasteiger partial charge on any atom is 0.168 e. The van der Waals surface area contributed by atoms with Crippen LogP contribution in [-0.4, -0.2) is 18.3 Å². The Morgan fingerprint density at radius 3 is 2.83 bits per heavy atom. The Labute approximate surface area is 69.6 Å². The number of rotatable bonds is 3. The molecule has 0 heterocycles. The minimum atomic E-state index is -0.580.